The molecule has 3 aromatic rings. The smallest absolute Gasteiger partial charge is 0.307 e. The lowest BCUT2D eigenvalue weighted by atomic mass is 10.2. The minimum absolute atomic E-state index is 0.149. The van der Waals surface area contributed by atoms with Crippen LogP contribution in [0.15, 0.2) is 53.5 Å². The summed E-state index contributed by atoms with van der Waals surface area (Å²) >= 11 is 3.40. The summed E-state index contributed by atoms with van der Waals surface area (Å²) in [5, 5.41) is 21.8. The predicted octanol–water partition coefficient (Wildman–Crippen LogP) is 3.39. The first kappa shape index (κ1) is 18.8. The number of benzene rings is 1. The van der Waals surface area contributed by atoms with Crippen molar-refractivity contribution < 1.29 is 9.72 Å². The van der Waals surface area contributed by atoms with Gasteiger partial charge in [-0.1, -0.05) is 35.0 Å². The topological polar surface area (TPSA) is 108 Å². The SMILES string of the molecule is CCC(C(=O)Nc1cnn(Cc2ccc(Br)cc2)c1)n1cc([N+](=O)[O-])cn1. The minimum Gasteiger partial charge on any atom is -0.322 e. The van der Waals surface area contributed by atoms with E-state index in [1.54, 1.807) is 17.1 Å². The van der Waals surface area contributed by atoms with Gasteiger partial charge in [-0.3, -0.25) is 24.3 Å². The van der Waals surface area contributed by atoms with Crippen molar-refractivity contribution in [3.8, 4) is 0 Å². The van der Waals surface area contributed by atoms with Gasteiger partial charge in [0, 0.05) is 10.7 Å². The molecule has 0 aliphatic heterocycles. The number of hydrogen-bond donors (Lipinski definition) is 1. The van der Waals surface area contributed by atoms with Gasteiger partial charge in [0.1, 0.15) is 18.4 Å². The third-order valence-corrected chi connectivity index (χ3v) is 4.49. The molecule has 2 heterocycles. The largest absolute Gasteiger partial charge is 0.322 e. The van der Waals surface area contributed by atoms with Gasteiger partial charge in [-0.2, -0.15) is 10.2 Å². The van der Waals surface area contributed by atoms with Crippen LogP contribution in [0.1, 0.15) is 24.9 Å². The Kier molecular flexibility index (Phi) is 5.65. The second kappa shape index (κ2) is 8.12. The predicted molar refractivity (Wildman–Crippen MR) is 102 cm³/mol. The highest BCUT2D eigenvalue weighted by Crippen LogP contribution is 2.18. The average Bonchev–Trinajstić information content (AvgIpc) is 3.28. The fourth-order valence-corrected chi connectivity index (χ4v) is 2.87. The molecule has 0 aliphatic rings. The fraction of sp³-hybridized carbons (Fsp3) is 0.235. The molecule has 2 aromatic heterocycles. The summed E-state index contributed by atoms with van der Waals surface area (Å²) in [5.74, 6) is -0.307. The maximum Gasteiger partial charge on any atom is 0.307 e. The van der Waals surface area contributed by atoms with Crippen molar-refractivity contribution in [1.82, 2.24) is 19.6 Å². The fourth-order valence-electron chi connectivity index (χ4n) is 2.60. The van der Waals surface area contributed by atoms with E-state index in [1.807, 2.05) is 31.2 Å². The van der Waals surface area contributed by atoms with Crippen LogP contribution in [0.4, 0.5) is 11.4 Å². The highest BCUT2D eigenvalue weighted by molar-refractivity contribution is 9.10. The molecule has 0 saturated carbocycles. The van der Waals surface area contributed by atoms with Crippen molar-refractivity contribution >= 4 is 33.2 Å². The Balaban J connectivity index is 1.66. The van der Waals surface area contributed by atoms with Crippen molar-refractivity contribution in [3.63, 3.8) is 0 Å². The molecule has 140 valence electrons. The van der Waals surface area contributed by atoms with Crippen molar-refractivity contribution in [2.45, 2.75) is 25.9 Å². The van der Waals surface area contributed by atoms with Crippen molar-refractivity contribution in [1.29, 1.82) is 0 Å². The molecule has 1 atom stereocenters. The van der Waals surface area contributed by atoms with E-state index >= 15 is 0 Å². The number of halogens is 1. The van der Waals surface area contributed by atoms with Crippen LogP contribution in [0.25, 0.3) is 0 Å². The Bertz CT molecular complexity index is 950. The lowest BCUT2D eigenvalue weighted by Gasteiger charge is -2.14. The average molecular weight is 433 g/mol. The second-order valence-electron chi connectivity index (χ2n) is 5.90. The highest BCUT2D eigenvalue weighted by Gasteiger charge is 2.22. The minimum atomic E-state index is -0.645. The monoisotopic (exact) mass is 432 g/mol. The Hall–Kier alpha value is -3.01. The van der Waals surface area contributed by atoms with Crippen LogP contribution in [0.2, 0.25) is 0 Å². The van der Waals surface area contributed by atoms with Crippen LogP contribution in [0.5, 0.6) is 0 Å². The first-order valence-corrected chi connectivity index (χ1v) is 9.02. The van der Waals surface area contributed by atoms with Gasteiger partial charge < -0.3 is 5.32 Å². The number of rotatable bonds is 7. The summed E-state index contributed by atoms with van der Waals surface area (Å²) < 4.78 is 4.03. The third-order valence-electron chi connectivity index (χ3n) is 3.97. The lowest BCUT2D eigenvalue weighted by molar-refractivity contribution is -0.385. The molecule has 3 rings (SSSR count). The maximum atomic E-state index is 12.5. The molecule has 9 nitrogen and oxygen atoms in total. The third kappa shape index (κ3) is 4.59. The van der Waals surface area contributed by atoms with Gasteiger partial charge in [-0.25, -0.2) is 0 Å². The van der Waals surface area contributed by atoms with E-state index in [0.717, 1.165) is 16.2 Å². The summed E-state index contributed by atoms with van der Waals surface area (Å²) in [6, 6.07) is 7.24. The van der Waals surface area contributed by atoms with E-state index in [1.165, 1.54) is 10.9 Å². The summed E-state index contributed by atoms with van der Waals surface area (Å²) in [7, 11) is 0. The number of anilines is 1. The van der Waals surface area contributed by atoms with Gasteiger partial charge in [0.15, 0.2) is 0 Å². The van der Waals surface area contributed by atoms with Crippen LogP contribution in [-0.2, 0) is 11.3 Å². The number of carbonyl (C=O) groups is 1. The van der Waals surface area contributed by atoms with Crippen LogP contribution >= 0.6 is 15.9 Å². The van der Waals surface area contributed by atoms with Crippen molar-refractivity contribution in [2.75, 3.05) is 5.32 Å². The van der Waals surface area contributed by atoms with E-state index in [0.29, 0.717) is 18.7 Å². The number of hydrogen-bond acceptors (Lipinski definition) is 5. The molecule has 0 radical (unpaired) electrons. The first-order valence-electron chi connectivity index (χ1n) is 8.22. The van der Waals surface area contributed by atoms with E-state index in [2.05, 4.69) is 31.4 Å². The number of nitro groups is 1. The van der Waals surface area contributed by atoms with Gasteiger partial charge >= 0.3 is 5.69 Å². The zero-order valence-electron chi connectivity index (χ0n) is 14.4. The molecule has 0 fully saturated rings. The Morgan fingerprint density at radius 1 is 1.26 bits per heavy atom. The molecule has 0 bridgehead atoms. The van der Waals surface area contributed by atoms with Crippen LogP contribution < -0.4 is 5.32 Å². The lowest BCUT2D eigenvalue weighted by Crippen LogP contribution is -2.25. The Morgan fingerprint density at radius 2 is 2.00 bits per heavy atom. The molecular weight excluding hydrogens is 416 g/mol. The zero-order chi connectivity index (χ0) is 19.4. The number of nitrogens with one attached hydrogen (secondary N) is 1. The van der Waals surface area contributed by atoms with E-state index in [-0.39, 0.29) is 11.6 Å². The zero-order valence-corrected chi connectivity index (χ0v) is 16.0. The molecular formula is C17H17BrN6O3. The molecule has 1 unspecified atom stereocenters. The van der Waals surface area contributed by atoms with Crippen LogP contribution in [0.3, 0.4) is 0 Å². The van der Waals surface area contributed by atoms with Gasteiger partial charge in [-0.15, -0.1) is 0 Å². The Morgan fingerprint density at radius 3 is 2.63 bits per heavy atom. The van der Waals surface area contributed by atoms with E-state index in [4.69, 9.17) is 0 Å². The summed E-state index contributed by atoms with van der Waals surface area (Å²) in [4.78, 5) is 22.8. The highest BCUT2D eigenvalue weighted by atomic mass is 79.9. The molecule has 0 saturated heterocycles. The molecule has 0 aliphatic carbocycles. The molecule has 1 aromatic carbocycles. The van der Waals surface area contributed by atoms with Crippen molar-refractivity contribution in [3.05, 3.63) is 69.2 Å². The van der Waals surface area contributed by atoms with Gasteiger partial charge in [-0.05, 0) is 24.1 Å². The first-order chi connectivity index (χ1) is 13.0. The second-order valence-corrected chi connectivity index (χ2v) is 6.82. The maximum absolute atomic E-state index is 12.5. The Labute approximate surface area is 163 Å². The summed E-state index contributed by atoms with van der Waals surface area (Å²) in [6.45, 7) is 2.39. The molecule has 1 N–H and O–H groups in total. The van der Waals surface area contributed by atoms with Crippen LogP contribution in [0, 0.1) is 10.1 Å². The normalized spacial score (nSPS) is 11.9. The van der Waals surface area contributed by atoms with E-state index in [9.17, 15) is 14.9 Å². The summed E-state index contributed by atoms with van der Waals surface area (Å²) in [6.07, 6.45) is 6.13. The van der Waals surface area contributed by atoms with Gasteiger partial charge in [0.05, 0.1) is 23.4 Å². The van der Waals surface area contributed by atoms with Gasteiger partial charge in [0.2, 0.25) is 5.91 Å². The van der Waals surface area contributed by atoms with Gasteiger partial charge in [0.25, 0.3) is 0 Å². The van der Waals surface area contributed by atoms with Crippen LogP contribution in [-0.4, -0.2) is 30.4 Å². The summed E-state index contributed by atoms with van der Waals surface area (Å²) in [5.41, 5.74) is 1.48. The van der Waals surface area contributed by atoms with Crippen molar-refractivity contribution in [2.24, 2.45) is 0 Å². The number of carbonyl (C=O) groups excluding carboxylic acids is 1. The number of nitrogens with zero attached hydrogens (tertiary/aromatic N) is 5. The van der Waals surface area contributed by atoms with E-state index < -0.39 is 11.0 Å². The molecule has 1 amide bonds. The molecule has 10 heteroatoms. The molecule has 0 spiro atoms. The number of amides is 1. The molecule has 27 heavy (non-hydrogen) atoms. The number of aromatic nitrogens is 4. The standard InChI is InChI=1S/C17H17BrN6O3/c1-2-16(23-11-15(8-20-23)24(26)27)17(25)21-14-7-19-22(10-14)9-12-3-5-13(18)6-4-12/h3-8,10-11,16H,2,9H2,1H3,(H,21,25). The quantitative estimate of drug-likeness (QED) is 0.454.